The number of benzene rings is 1. The Kier molecular flexibility index (Phi) is 7.83. The Balaban J connectivity index is 2.69. The van der Waals surface area contributed by atoms with Crippen LogP contribution in [0.2, 0.25) is 5.02 Å². The van der Waals surface area contributed by atoms with Gasteiger partial charge in [-0.15, -0.1) is 0 Å². The zero-order valence-corrected chi connectivity index (χ0v) is 13.9. The maximum Gasteiger partial charge on any atom is 0.329 e. The zero-order valence-electron chi connectivity index (χ0n) is 13.1. The summed E-state index contributed by atoms with van der Waals surface area (Å²) in [6.45, 7) is 7.61. The Labute approximate surface area is 140 Å². The normalized spacial score (nSPS) is 11.8. The molecule has 0 heterocycles. The van der Waals surface area contributed by atoms with Gasteiger partial charge in [-0.1, -0.05) is 31.2 Å². The van der Waals surface area contributed by atoms with Gasteiger partial charge in [0.2, 0.25) is 0 Å². The standard InChI is InChI=1S/C16H20ClN3O3/c1-4-8-23-14-7-6-13(17)9-12(14)10-18-20-16(22)15(21)19-11(3)5-2/h4,6-7,9-11H,1,5,8H2,2-3H3,(H,19,21)(H,20,22)/b18-10-/t11-/m1/s1. The van der Waals surface area contributed by atoms with Gasteiger partial charge >= 0.3 is 11.8 Å². The molecule has 0 aliphatic rings. The van der Waals surface area contributed by atoms with E-state index in [1.54, 1.807) is 24.3 Å². The highest BCUT2D eigenvalue weighted by Crippen LogP contribution is 2.21. The quantitative estimate of drug-likeness (QED) is 0.347. The molecule has 0 saturated carbocycles. The molecule has 0 fully saturated rings. The number of amides is 2. The lowest BCUT2D eigenvalue weighted by Crippen LogP contribution is -2.41. The van der Waals surface area contributed by atoms with Gasteiger partial charge in [0.25, 0.3) is 0 Å². The molecular formula is C16H20ClN3O3. The second-order valence-electron chi connectivity index (χ2n) is 4.76. The van der Waals surface area contributed by atoms with Crippen LogP contribution < -0.4 is 15.5 Å². The molecule has 2 N–H and O–H groups in total. The minimum absolute atomic E-state index is 0.0796. The third-order valence-corrected chi connectivity index (χ3v) is 3.13. The van der Waals surface area contributed by atoms with Crippen LogP contribution in [0.4, 0.5) is 0 Å². The number of hydrogen-bond donors (Lipinski definition) is 2. The number of halogens is 1. The minimum Gasteiger partial charge on any atom is -0.489 e. The summed E-state index contributed by atoms with van der Waals surface area (Å²) in [7, 11) is 0. The van der Waals surface area contributed by atoms with E-state index in [0.29, 0.717) is 22.9 Å². The van der Waals surface area contributed by atoms with Gasteiger partial charge in [0.15, 0.2) is 0 Å². The summed E-state index contributed by atoms with van der Waals surface area (Å²) < 4.78 is 5.45. The topological polar surface area (TPSA) is 79.8 Å². The van der Waals surface area contributed by atoms with Crippen LogP contribution >= 0.6 is 11.6 Å². The van der Waals surface area contributed by atoms with Crippen LogP contribution in [0.3, 0.4) is 0 Å². The van der Waals surface area contributed by atoms with Crippen LogP contribution in [0.15, 0.2) is 36.0 Å². The molecule has 0 radical (unpaired) electrons. The first-order valence-corrected chi connectivity index (χ1v) is 7.52. The second kappa shape index (κ2) is 9.63. The van der Waals surface area contributed by atoms with E-state index in [1.165, 1.54) is 6.21 Å². The lowest BCUT2D eigenvalue weighted by molar-refractivity contribution is -0.139. The van der Waals surface area contributed by atoms with Crippen molar-refractivity contribution in [3.63, 3.8) is 0 Å². The van der Waals surface area contributed by atoms with Crippen molar-refractivity contribution in [3.05, 3.63) is 41.4 Å². The minimum atomic E-state index is -0.836. The first kappa shape index (κ1) is 18.7. The van der Waals surface area contributed by atoms with E-state index in [4.69, 9.17) is 16.3 Å². The number of carbonyl (C=O) groups is 2. The van der Waals surface area contributed by atoms with E-state index in [2.05, 4.69) is 22.4 Å². The Morgan fingerprint density at radius 3 is 2.83 bits per heavy atom. The Morgan fingerprint density at radius 2 is 2.17 bits per heavy atom. The van der Waals surface area contributed by atoms with Gasteiger partial charge in [-0.05, 0) is 31.5 Å². The molecule has 2 amide bonds. The number of hydrogen-bond acceptors (Lipinski definition) is 4. The average molecular weight is 338 g/mol. The van der Waals surface area contributed by atoms with Crippen molar-refractivity contribution < 1.29 is 14.3 Å². The third-order valence-electron chi connectivity index (χ3n) is 2.89. The number of hydrazone groups is 1. The predicted molar refractivity (Wildman–Crippen MR) is 90.8 cm³/mol. The van der Waals surface area contributed by atoms with Crippen LogP contribution in [0.1, 0.15) is 25.8 Å². The van der Waals surface area contributed by atoms with Gasteiger partial charge in [0.05, 0.1) is 6.21 Å². The Hall–Kier alpha value is -2.34. The number of nitrogens with zero attached hydrogens (tertiary/aromatic N) is 1. The molecule has 1 atom stereocenters. The van der Waals surface area contributed by atoms with Crippen LogP contribution in [-0.4, -0.2) is 30.7 Å². The van der Waals surface area contributed by atoms with Crippen molar-refractivity contribution in [3.8, 4) is 5.75 Å². The molecule has 0 aliphatic heterocycles. The van der Waals surface area contributed by atoms with E-state index in [1.807, 2.05) is 13.8 Å². The smallest absolute Gasteiger partial charge is 0.329 e. The van der Waals surface area contributed by atoms with E-state index in [0.717, 1.165) is 6.42 Å². The molecular weight excluding hydrogens is 318 g/mol. The van der Waals surface area contributed by atoms with Crippen LogP contribution in [0.5, 0.6) is 5.75 Å². The molecule has 0 unspecified atom stereocenters. The predicted octanol–water partition coefficient (Wildman–Crippen LogP) is 2.27. The molecule has 6 nitrogen and oxygen atoms in total. The monoisotopic (exact) mass is 337 g/mol. The first-order chi connectivity index (χ1) is 11.0. The molecule has 124 valence electrons. The van der Waals surface area contributed by atoms with Crippen LogP contribution in [-0.2, 0) is 9.59 Å². The second-order valence-corrected chi connectivity index (χ2v) is 5.20. The molecule has 7 heteroatoms. The van der Waals surface area contributed by atoms with Gasteiger partial charge in [-0.25, -0.2) is 5.43 Å². The van der Waals surface area contributed by atoms with Crippen molar-refractivity contribution in [1.29, 1.82) is 0 Å². The summed E-state index contributed by atoms with van der Waals surface area (Å²) in [4.78, 5) is 23.2. The lowest BCUT2D eigenvalue weighted by atomic mass is 10.2. The van der Waals surface area contributed by atoms with Gasteiger partial charge < -0.3 is 10.1 Å². The maximum atomic E-state index is 11.6. The molecule has 0 saturated heterocycles. The highest BCUT2D eigenvalue weighted by molar-refractivity contribution is 6.35. The van der Waals surface area contributed by atoms with Gasteiger partial charge in [0.1, 0.15) is 12.4 Å². The summed E-state index contributed by atoms with van der Waals surface area (Å²) in [5.41, 5.74) is 2.73. The van der Waals surface area contributed by atoms with Gasteiger partial charge in [0, 0.05) is 16.6 Å². The van der Waals surface area contributed by atoms with E-state index in [-0.39, 0.29) is 6.04 Å². The molecule has 0 aliphatic carbocycles. The third kappa shape index (κ3) is 6.52. The fourth-order valence-electron chi connectivity index (χ4n) is 1.50. The molecule has 0 bridgehead atoms. The van der Waals surface area contributed by atoms with Crippen molar-refractivity contribution in [2.45, 2.75) is 26.3 Å². The highest BCUT2D eigenvalue weighted by atomic mass is 35.5. The average Bonchev–Trinajstić information content (AvgIpc) is 2.53. The highest BCUT2D eigenvalue weighted by Gasteiger charge is 2.14. The zero-order chi connectivity index (χ0) is 17.2. The summed E-state index contributed by atoms with van der Waals surface area (Å²) in [5, 5.41) is 6.80. The van der Waals surface area contributed by atoms with Crippen molar-refractivity contribution in [2.24, 2.45) is 5.10 Å². The van der Waals surface area contributed by atoms with Crippen LogP contribution in [0.25, 0.3) is 0 Å². The van der Waals surface area contributed by atoms with Crippen molar-refractivity contribution in [2.75, 3.05) is 6.61 Å². The van der Waals surface area contributed by atoms with Crippen LogP contribution in [0, 0.1) is 0 Å². The maximum absolute atomic E-state index is 11.6. The molecule has 23 heavy (non-hydrogen) atoms. The van der Waals surface area contributed by atoms with Crippen molar-refractivity contribution in [1.82, 2.24) is 10.7 Å². The lowest BCUT2D eigenvalue weighted by Gasteiger charge is -2.10. The Bertz CT molecular complexity index is 602. The van der Waals surface area contributed by atoms with E-state index >= 15 is 0 Å². The molecule has 0 aromatic heterocycles. The summed E-state index contributed by atoms with van der Waals surface area (Å²) >= 11 is 5.93. The largest absolute Gasteiger partial charge is 0.489 e. The number of carbonyl (C=O) groups excluding carboxylic acids is 2. The summed E-state index contributed by atoms with van der Waals surface area (Å²) in [6.07, 6.45) is 3.70. The van der Waals surface area contributed by atoms with Gasteiger partial charge in [-0.2, -0.15) is 5.10 Å². The number of ether oxygens (including phenoxy) is 1. The molecule has 1 aromatic rings. The van der Waals surface area contributed by atoms with E-state index in [9.17, 15) is 9.59 Å². The van der Waals surface area contributed by atoms with Crippen molar-refractivity contribution >= 4 is 29.6 Å². The van der Waals surface area contributed by atoms with E-state index < -0.39 is 11.8 Å². The number of nitrogens with one attached hydrogen (secondary N) is 2. The van der Waals surface area contributed by atoms with Gasteiger partial charge in [-0.3, -0.25) is 9.59 Å². The molecule has 0 spiro atoms. The molecule has 1 aromatic carbocycles. The summed E-state index contributed by atoms with van der Waals surface area (Å²) in [5.74, 6) is -1.03. The fraction of sp³-hybridized carbons (Fsp3) is 0.312. The fourth-order valence-corrected chi connectivity index (χ4v) is 1.68. The molecule has 1 rings (SSSR count). The SMILES string of the molecule is C=CCOc1ccc(Cl)cc1/C=N\NC(=O)C(=O)N[C@H](C)CC. The Morgan fingerprint density at radius 1 is 1.43 bits per heavy atom. The summed E-state index contributed by atoms with van der Waals surface area (Å²) in [6, 6.07) is 4.92. The number of rotatable bonds is 7. The first-order valence-electron chi connectivity index (χ1n) is 7.15.